The summed E-state index contributed by atoms with van der Waals surface area (Å²) in [4.78, 5) is 36.4. The minimum atomic E-state index is -1.14. The van der Waals surface area contributed by atoms with Crippen LogP contribution in [0.5, 0.6) is 11.6 Å². The molecule has 0 spiro atoms. The lowest BCUT2D eigenvalue weighted by Crippen LogP contribution is -2.14. The molecule has 1 aromatic carbocycles. The SMILES string of the molecule is O=c1[nH]c(/C=C\c2ccc(O)c([N+](=O)[O-])c2)nc(O)c1[N+](=O)[O-]. The van der Waals surface area contributed by atoms with Gasteiger partial charge in [0.05, 0.1) is 9.85 Å². The summed E-state index contributed by atoms with van der Waals surface area (Å²) in [7, 11) is 0. The van der Waals surface area contributed by atoms with Crippen molar-refractivity contribution in [2.75, 3.05) is 0 Å². The highest BCUT2D eigenvalue weighted by atomic mass is 16.6. The first-order valence-corrected chi connectivity index (χ1v) is 5.92. The van der Waals surface area contributed by atoms with Crippen molar-refractivity contribution in [2.24, 2.45) is 0 Å². The fourth-order valence-electron chi connectivity index (χ4n) is 1.68. The van der Waals surface area contributed by atoms with Crippen molar-refractivity contribution in [3.8, 4) is 11.6 Å². The second-order valence-corrected chi connectivity index (χ2v) is 4.22. The molecular formula is C12H8N4O7. The summed E-state index contributed by atoms with van der Waals surface area (Å²) in [6, 6.07) is 3.55. The van der Waals surface area contributed by atoms with Gasteiger partial charge < -0.3 is 15.2 Å². The van der Waals surface area contributed by atoms with Crippen molar-refractivity contribution in [1.82, 2.24) is 9.97 Å². The van der Waals surface area contributed by atoms with E-state index in [2.05, 4.69) is 9.97 Å². The Kier molecular flexibility index (Phi) is 4.03. The van der Waals surface area contributed by atoms with Gasteiger partial charge in [0.2, 0.25) is 0 Å². The maximum Gasteiger partial charge on any atom is 0.395 e. The zero-order chi connectivity index (χ0) is 17.1. The number of rotatable bonds is 4. The highest BCUT2D eigenvalue weighted by Gasteiger charge is 2.21. The molecule has 0 saturated heterocycles. The number of hydrogen-bond donors (Lipinski definition) is 3. The van der Waals surface area contributed by atoms with Gasteiger partial charge in [-0.1, -0.05) is 12.1 Å². The Balaban J connectivity index is 2.38. The number of nitro benzene ring substituents is 1. The number of aromatic hydroxyl groups is 2. The average molecular weight is 320 g/mol. The number of nitro groups is 2. The minimum absolute atomic E-state index is 0.186. The molecule has 1 aromatic heterocycles. The van der Waals surface area contributed by atoms with Gasteiger partial charge in [0, 0.05) is 6.07 Å². The Morgan fingerprint density at radius 3 is 2.39 bits per heavy atom. The van der Waals surface area contributed by atoms with Crippen LogP contribution < -0.4 is 5.56 Å². The zero-order valence-corrected chi connectivity index (χ0v) is 11.2. The van der Waals surface area contributed by atoms with Crippen molar-refractivity contribution in [1.29, 1.82) is 0 Å². The number of hydrogen-bond acceptors (Lipinski definition) is 8. The number of aromatic amines is 1. The number of aromatic nitrogens is 2. The number of nitrogens with zero attached hydrogens (tertiary/aromatic N) is 3. The quantitative estimate of drug-likeness (QED) is 0.556. The van der Waals surface area contributed by atoms with Gasteiger partial charge in [-0.3, -0.25) is 25.0 Å². The van der Waals surface area contributed by atoms with E-state index in [1.165, 1.54) is 18.2 Å². The molecule has 0 amide bonds. The molecule has 0 atom stereocenters. The van der Waals surface area contributed by atoms with Crippen LogP contribution in [0.3, 0.4) is 0 Å². The molecule has 0 aliphatic rings. The molecule has 23 heavy (non-hydrogen) atoms. The van der Waals surface area contributed by atoms with Crippen LogP contribution in [0.15, 0.2) is 23.0 Å². The third-order valence-corrected chi connectivity index (χ3v) is 2.71. The molecule has 0 bridgehead atoms. The van der Waals surface area contributed by atoms with Crippen LogP contribution in [0.4, 0.5) is 11.4 Å². The van der Waals surface area contributed by atoms with Crippen molar-refractivity contribution >= 4 is 23.5 Å². The van der Waals surface area contributed by atoms with Gasteiger partial charge in [-0.2, -0.15) is 4.98 Å². The van der Waals surface area contributed by atoms with E-state index < -0.39 is 38.4 Å². The van der Waals surface area contributed by atoms with Crippen LogP contribution in [-0.4, -0.2) is 30.0 Å². The van der Waals surface area contributed by atoms with Gasteiger partial charge in [0.1, 0.15) is 5.82 Å². The van der Waals surface area contributed by atoms with Gasteiger partial charge in [-0.25, -0.2) is 0 Å². The van der Waals surface area contributed by atoms with Crippen molar-refractivity contribution in [3.63, 3.8) is 0 Å². The maximum absolute atomic E-state index is 11.4. The largest absolute Gasteiger partial charge is 0.502 e. The van der Waals surface area contributed by atoms with E-state index >= 15 is 0 Å². The standard InChI is InChI=1S/C12H8N4O7/c17-8-3-1-6(5-7(8)15(20)21)2-4-9-13-11(18)10(16(22)23)12(19)14-9/h1-5,17H,(H2,13,14,18,19)/b4-2-. The topological polar surface area (TPSA) is 172 Å². The highest BCUT2D eigenvalue weighted by Crippen LogP contribution is 2.27. The summed E-state index contributed by atoms with van der Waals surface area (Å²) in [6.07, 6.45) is 2.48. The van der Waals surface area contributed by atoms with E-state index in [1.54, 1.807) is 0 Å². The Hall–Kier alpha value is -3.76. The molecule has 0 radical (unpaired) electrons. The number of phenolic OH excluding ortho intramolecular Hbond substituents is 1. The number of phenols is 1. The molecule has 2 aromatic rings. The normalized spacial score (nSPS) is 10.8. The summed E-state index contributed by atoms with van der Waals surface area (Å²) >= 11 is 0. The Labute approximate surface area is 126 Å². The van der Waals surface area contributed by atoms with Crippen LogP contribution >= 0.6 is 0 Å². The first-order valence-electron chi connectivity index (χ1n) is 5.92. The molecule has 2 rings (SSSR count). The van der Waals surface area contributed by atoms with Gasteiger partial charge >= 0.3 is 16.9 Å². The van der Waals surface area contributed by atoms with E-state index in [0.29, 0.717) is 5.56 Å². The lowest BCUT2D eigenvalue weighted by molar-refractivity contribution is -0.387. The molecule has 118 valence electrons. The van der Waals surface area contributed by atoms with Crippen LogP contribution in [-0.2, 0) is 0 Å². The molecular weight excluding hydrogens is 312 g/mol. The van der Waals surface area contributed by atoms with E-state index in [1.807, 2.05) is 0 Å². The third-order valence-electron chi connectivity index (χ3n) is 2.71. The van der Waals surface area contributed by atoms with E-state index in [4.69, 9.17) is 0 Å². The van der Waals surface area contributed by atoms with Crippen molar-refractivity contribution in [2.45, 2.75) is 0 Å². The summed E-state index contributed by atoms with van der Waals surface area (Å²) < 4.78 is 0. The first kappa shape index (κ1) is 15.6. The molecule has 0 fully saturated rings. The Morgan fingerprint density at radius 1 is 1.13 bits per heavy atom. The van der Waals surface area contributed by atoms with Gasteiger partial charge in [0.15, 0.2) is 5.75 Å². The smallest absolute Gasteiger partial charge is 0.395 e. The molecule has 1 heterocycles. The lowest BCUT2D eigenvalue weighted by atomic mass is 10.1. The summed E-state index contributed by atoms with van der Waals surface area (Å²) in [5.74, 6) is -1.74. The molecule has 3 N–H and O–H groups in total. The predicted octanol–water partition coefficient (Wildman–Crippen LogP) is 1.17. The van der Waals surface area contributed by atoms with Crippen LogP contribution in [0, 0.1) is 20.2 Å². The van der Waals surface area contributed by atoms with E-state index in [-0.39, 0.29) is 5.82 Å². The predicted molar refractivity (Wildman–Crippen MR) is 76.9 cm³/mol. The minimum Gasteiger partial charge on any atom is -0.502 e. The lowest BCUT2D eigenvalue weighted by Gasteiger charge is -1.99. The van der Waals surface area contributed by atoms with Crippen molar-refractivity contribution in [3.05, 3.63) is 60.2 Å². The monoisotopic (exact) mass is 320 g/mol. The molecule has 11 heteroatoms. The van der Waals surface area contributed by atoms with Gasteiger partial charge in [-0.05, 0) is 17.7 Å². The summed E-state index contributed by atoms with van der Waals surface area (Å²) in [5, 5.41) is 39.9. The Morgan fingerprint density at radius 2 is 1.83 bits per heavy atom. The van der Waals surface area contributed by atoms with Crippen LogP contribution in [0.25, 0.3) is 12.2 Å². The number of benzene rings is 1. The highest BCUT2D eigenvalue weighted by molar-refractivity contribution is 5.69. The summed E-state index contributed by atoms with van der Waals surface area (Å²) in [5.41, 5.74) is -2.43. The van der Waals surface area contributed by atoms with E-state index in [0.717, 1.165) is 12.1 Å². The molecule has 0 aliphatic heterocycles. The second kappa shape index (κ2) is 5.93. The molecule has 0 unspecified atom stereocenters. The number of nitrogens with one attached hydrogen (secondary N) is 1. The van der Waals surface area contributed by atoms with Gasteiger partial charge in [-0.15, -0.1) is 0 Å². The molecule has 0 aliphatic carbocycles. The zero-order valence-electron chi connectivity index (χ0n) is 11.2. The van der Waals surface area contributed by atoms with Crippen LogP contribution in [0.1, 0.15) is 11.4 Å². The third kappa shape index (κ3) is 3.29. The number of H-pyrrole nitrogens is 1. The fraction of sp³-hybridized carbons (Fsp3) is 0. The van der Waals surface area contributed by atoms with Gasteiger partial charge in [0.25, 0.3) is 5.88 Å². The first-order chi connectivity index (χ1) is 10.8. The second-order valence-electron chi connectivity index (χ2n) is 4.22. The summed E-state index contributed by atoms with van der Waals surface area (Å²) in [6.45, 7) is 0. The molecule has 11 nitrogen and oxygen atoms in total. The Bertz CT molecular complexity index is 887. The maximum atomic E-state index is 11.4. The molecule has 0 saturated carbocycles. The van der Waals surface area contributed by atoms with Crippen molar-refractivity contribution < 1.29 is 20.1 Å². The fourth-order valence-corrected chi connectivity index (χ4v) is 1.68. The van der Waals surface area contributed by atoms with E-state index in [9.17, 15) is 35.2 Å². The average Bonchev–Trinajstić information content (AvgIpc) is 2.45. The van der Waals surface area contributed by atoms with Crippen LogP contribution in [0.2, 0.25) is 0 Å².